The summed E-state index contributed by atoms with van der Waals surface area (Å²) >= 11 is -2.26. The number of nitrogens with one attached hydrogen (secondary N) is 2. The first-order valence-electron chi connectivity index (χ1n) is 22.2. The molecule has 0 saturated heterocycles. The second kappa shape index (κ2) is 27.1. The standard InChI is InChI=1S/C45H58F7I2N7O10/c1-25(38(63)37(55-3)39(64)29(24-62)53-2)56-13-14-68-15-16-69-17-18-70-19-20-71-32-10-8-27(35(46)36(32)47)23-61-43(67)34(40(65)44(60(61)4)11-5-6-12-44)42(66)57-30-9-7-26(41(48)49)21-28(30)31-22-33(45(50,51)52)59-54-58-31/h7-10,21-22,29,37-39,41-42,56-57,62-66H,1,5-6,11-20,23-24H2,2-4H3/q-2/t29-,37?,38?,39?,42?/m0/s1. The predicted molar refractivity (Wildman–Crippen MR) is 251 cm³/mol. The number of benzene rings is 2. The molecule has 71 heavy (non-hydrogen) atoms. The summed E-state index contributed by atoms with van der Waals surface area (Å²) in [5, 5.41) is 66.0. The fraction of sp³-hybridized carbons (Fsp3) is 0.556. The van der Waals surface area contributed by atoms with Crippen LogP contribution >= 0.6 is 21.3 Å². The number of aliphatic hydroxyl groups excluding tert-OH is 5. The van der Waals surface area contributed by atoms with Crippen LogP contribution in [-0.4, -0.2) is 166 Å². The fourth-order valence-electron chi connectivity index (χ4n) is 8.06. The minimum absolute atomic E-state index is 0.00746. The molecule has 26 heteroatoms. The maximum absolute atomic E-state index is 15.7. The van der Waals surface area contributed by atoms with Gasteiger partial charge in [0.2, 0.25) is 5.82 Å². The molecule has 17 nitrogen and oxygen atoms in total. The number of rotatable bonds is 28. The number of anilines is 1. The number of halogens is 9. The number of aliphatic hydroxyl groups is 5. The van der Waals surface area contributed by atoms with Crippen LogP contribution in [0.15, 0.2) is 72.1 Å². The van der Waals surface area contributed by atoms with E-state index in [1.54, 1.807) is 0 Å². The number of allylic oxidation sites excluding steroid dienone is 2. The molecule has 2 aliphatic heterocycles. The second-order valence-electron chi connectivity index (χ2n) is 16.3. The van der Waals surface area contributed by atoms with E-state index in [0.717, 1.165) is 23.2 Å². The van der Waals surface area contributed by atoms with Crippen molar-refractivity contribution in [2.24, 2.45) is 6.35 Å². The first kappa shape index (κ1) is 58.3. The Bertz CT molecular complexity index is 2270. The maximum atomic E-state index is 15.7. The number of nitrogens with zero attached hydrogens (tertiary/aromatic N) is 5. The van der Waals surface area contributed by atoms with Gasteiger partial charge in [0.05, 0.1) is 37.6 Å². The summed E-state index contributed by atoms with van der Waals surface area (Å²) in [6, 6.07) is 4.49. The quantitative estimate of drug-likeness (QED) is 0.0215. The van der Waals surface area contributed by atoms with Crippen molar-refractivity contribution in [3.05, 3.63) is 99.4 Å². The van der Waals surface area contributed by atoms with Crippen LogP contribution < -0.4 is 36.6 Å². The molecule has 5 atom stereocenters. The monoisotopic (exact) mass is 1240 g/mol. The summed E-state index contributed by atoms with van der Waals surface area (Å²) in [5.41, 5.74) is -4.52. The van der Waals surface area contributed by atoms with Crippen LogP contribution in [0.25, 0.3) is 5.32 Å². The normalized spacial score (nSPS) is 18.6. The van der Waals surface area contributed by atoms with Gasteiger partial charge in [-0.05, 0) is 37.1 Å². The van der Waals surface area contributed by atoms with Crippen molar-refractivity contribution in [3.63, 3.8) is 0 Å². The Morgan fingerprint density at radius 3 is 2.25 bits per heavy atom. The van der Waals surface area contributed by atoms with Gasteiger partial charge in [-0.1, -0.05) is 25.0 Å². The third-order valence-electron chi connectivity index (χ3n) is 12.0. The van der Waals surface area contributed by atoms with E-state index in [1.807, 2.05) is 4.93 Å². The summed E-state index contributed by atoms with van der Waals surface area (Å²) in [5.74, 6) is -4.68. The molecule has 0 radical (unpaired) electrons. The van der Waals surface area contributed by atoms with Crippen LogP contribution in [0.5, 0.6) is 5.75 Å². The molecule has 5 rings (SSSR count). The molecule has 1 spiro atoms. The molecular weight excluding hydrogens is 1190 g/mol. The van der Waals surface area contributed by atoms with Gasteiger partial charge >= 0.3 is 142 Å². The molecule has 0 aromatic heterocycles. The van der Waals surface area contributed by atoms with Gasteiger partial charge < -0.3 is 25.0 Å². The first-order chi connectivity index (χ1) is 33.8. The Kier molecular flexibility index (Phi) is 22.2. The molecule has 1 aliphatic carbocycles. The number of hydrazine groups is 1. The van der Waals surface area contributed by atoms with Gasteiger partial charge in [-0.15, -0.1) is 0 Å². The summed E-state index contributed by atoms with van der Waals surface area (Å²) in [4.78, 5) is 16.2. The number of alkyl halides is 7. The number of carbonyl (C=O) groups is 1. The third-order valence-corrected chi connectivity index (χ3v) is 16.2. The number of hydrogen-bond donors (Lipinski definition) is 7. The Hall–Kier alpha value is -3.59. The molecule has 0 bridgehead atoms. The Morgan fingerprint density at radius 2 is 1.65 bits per heavy atom. The van der Waals surface area contributed by atoms with E-state index in [9.17, 15) is 52.3 Å². The van der Waals surface area contributed by atoms with Crippen LogP contribution in [0.4, 0.5) is 36.4 Å². The van der Waals surface area contributed by atoms with Crippen LogP contribution in [0.3, 0.4) is 0 Å². The van der Waals surface area contributed by atoms with Crippen molar-refractivity contribution in [1.82, 2.24) is 15.3 Å². The van der Waals surface area contributed by atoms with Gasteiger partial charge in [0, 0.05) is 29.4 Å². The topological polar surface area (TPSA) is 224 Å². The van der Waals surface area contributed by atoms with Crippen molar-refractivity contribution in [2.75, 3.05) is 83.7 Å². The second-order valence-corrected chi connectivity index (χ2v) is 20.5. The van der Waals surface area contributed by atoms with Crippen molar-refractivity contribution < 1.29 is 101 Å². The summed E-state index contributed by atoms with van der Waals surface area (Å²) in [6.45, 7) is 4.31. The number of carbonyl (C=O) groups excluding carboxylic acids is 1. The van der Waals surface area contributed by atoms with Crippen molar-refractivity contribution in [1.29, 1.82) is 0 Å². The molecule has 1 fully saturated rings. The Labute approximate surface area is 426 Å². The van der Waals surface area contributed by atoms with Crippen LogP contribution in [0, 0.1) is 11.6 Å². The predicted octanol–water partition coefficient (Wildman–Crippen LogP) is 2.67. The van der Waals surface area contributed by atoms with Crippen molar-refractivity contribution >= 4 is 38.6 Å². The molecule has 1 saturated carbocycles. The third kappa shape index (κ3) is 14.6. The van der Waals surface area contributed by atoms with E-state index in [4.69, 9.17) is 18.9 Å². The zero-order valence-electron chi connectivity index (χ0n) is 38.9. The Morgan fingerprint density at radius 1 is 1.00 bits per heavy atom. The molecular formula is C45H58F7I2N7O10-2. The number of hydrogen-bond acceptors (Lipinski definition) is 15. The summed E-state index contributed by atoms with van der Waals surface area (Å²) in [6.07, 6.45) is -9.80. The molecule has 2 aromatic rings. The number of amides is 1. The molecule has 3 aliphatic rings. The van der Waals surface area contributed by atoms with Crippen LogP contribution in [0.2, 0.25) is 0 Å². The van der Waals surface area contributed by atoms with E-state index < -0.39 is 138 Å². The SMILES string of the molecule is C=C(NCCOCCOCCOCCOc1ccc(CN2C(=O)C(C(O)Nc3ccc(C(F)F)cc3C3=NI=NC(C(F)(F)F)=C3)=C(O)C3(CCCC3)N2C)c(F)c1F)C(O)C([N-]C)C(O)[C@H](CO)[I-]C. The van der Waals surface area contributed by atoms with E-state index in [-0.39, 0.29) is 97.8 Å². The minimum atomic E-state index is -4.86. The molecule has 7 N–H and O–H groups in total. The van der Waals surface area contributed by atoms with Gasteiger partial charge in [0.15, 0.2) is 23.5 Å². The molecule has 4 unspecified atom stereocenters. The van der Waals surface area contributed by atoms with Gasteiger partial charge in [-0.25, -0.2) is 21.4 Å². The van der Waals surface area contributed by atoms with E-state index >= 15 is 8.78 Å². The van der Waals surface area contributed by atoms with Gasteiger partial charge in [-0.2, -0.15) is 20.7 Å². The van der Waals surface area contributed by atoms with Gasteiger partial charge in [0.25, 0.3) is 12.3 Å². The summed E-state index contributed by atoms with van der Waals surface area (Å²) in [7, 11) is 2.96. The van der Waals surface area contributed by atoms with Gasteiger partial charge in [0.1, 0.15) is 39.2 Å². The zero-order valence-corrected chi connectivity index (χ0v) is 43.3. The fourth-order valence-corrected chi connectivity index (χ4v) is 11.0. The molecule has 2 heterocycles. The number of likely N-dealkylation sites (N-methyl/N-ethyl adjacent to an activating group) is 2. The van der Waals surface area contributed by atoms with E-state index in [0.29, 0.717) is 25.5 Å². The van der Waals surface area contributed by atoms with E-state index in [2.05, 4.69) is 28.9 Å². The van der Waals surface area contributed by atoms with Gasteiger partial charge in [-0.3, -0.25) is 9.80 Å². The number of ether oxygens (including phenoxy) is 4. The first-order valence-corrected chi connectivity index (χ1v) is 27.5. The molecule has 398 valence electrons. The van der Waals surface area contributed by atoms with E-state index in [1.165, 1.54) is 31.2 Å². The van der Waals surface area contributed by atoms with Crippen molar-refractivity contribution in [2.45, 2.75) is 78.8 Å². The average Bonchev–Trinajstić information content (AvgIpc) is 3.85. The van der Waals surface area contributed by atoms with Crippen LogP contribution in [-0.2, 0) is 25.5 Å². The Balaban J connectivity index is 1.11. The summed E-state index contributed by atoms with van der Waals surface area (Å²) < 4.78 is 129. The zero-order chi connectivity index (χ0) is 52.0. The average molecular weight is 1240 g/mol. The molecule has 2 aromatic carbocycles. The van der Waals surface area contributed by atoms with Crippen LogP contribution in [0.1, 0.15) is 48.8 Å². The molecule has 1 amide bonds. The van der Waals surface area contributed by atoms with Crippen molar-refractivity contribution in [3.8, 4) is 5.75 Å².